The van der Waals surface area contributed by atoms with Crippen LogP contribution in [0.25, 0.3) is 5.69 Å². The Balaban J connectivity index is 2.58. The van der Waals surface area contributed by atoms with Gasteiger partial charge >= 0.3 is 0 Å². The molecule has 0 fully saturated rings. The van der Waals surface area contributed by atoms with Gasteiger partial charge in [0, 0.05) is 10.9 Å². The van der Waals surface area contributed by atoms with Gasteiger partial charge < -0.3 is 0 Å². The van der Waals surface area contributed by atoms with Crippen molar-refractivity contribution in [3.05, 3.63) is 52.8 Å². The summed E-state index contributed by atoms with van der Waals surface area (Å²) in [6, 6.07) is 8.14. The molecule has 0 amide bonds. The van der Waals surface area contributed by atoms with Gasteiger partial charge in [0.1, 0.15) is 10.8 Å². The minimum atomic E-state index is -0.218. The van der Waals surface area contributed by atoms with E-state index in [1.54, 1.807) is 18.7 Å². The van der Waals surface area contributed by atoms with Crippen molar-refractivity contribution in [2.45, 2.75) is 44.5 Å². The Morgan fingerprint density at radius 2 is 1.96 bits per heavy atom. The molecule has 5 heteroatoms. The lowest BCUT2D eigenvalue weighted by atomic mass is 10.1. The number of thioether (sulfide) groups is 1. The molecular weight excluding hydrogens is 328 g/mol. The first-order valence-corrected chi connectivity index (χ1v) is 8.85. The number of carbonyl (C=O) groups excluding carboxylic acids is 1. The molecule has 0 atom stereocenters. The smallest absolute Gasteiger partial charge is 0.209 e. The molecule has 2 aromatic rings. The minimum Gasteiger partial charge on any atom is -0.287 e. The van der Waals surface area contributed by atoms with Crippen LogP contribution in [0.3, 0.4) is 0 Å². The van der Waals surface area contributed by atoms with Gasteiger partial charge in [-0.05, 0) is 36.6 Å². The van der Waals surface area contributed by atoms with Crippen LogP contribution in [0.15, 0.2) is 41.6 Å². The molecule has 0 spiro atoms. The van der Waals surface area contributed by atoms with Gasteiger partial charge in [-0.1, -0.05) is 62.8 Å². The van der Waals surface area contributed by atoms with Crippen LogP contribution >= 0.6 is 23.4 Å². The topological polar surface area (TPSA) is 34.9 Å². The molecule has 1 aromatic carbocycles. The van der Waals surface area contributed by atoms with Crippen LogP contribution in [0.2, 0.25) is 5.15 Å². The molecule has 0 radical (unpaired) electrons. The second kappa shape index (κ2) is 7.37. The fraction of sp³-hybridized carbons (Fsp3) is 0.333. The number of nitrogens with zero attached hydrogens (tertiary/aromatic N) is 2. The van der Waals surface area contributed by atoms with Gasteiger partial charge in [-0.25, -0.2) is 4.98 Å². The second-order valence-corrected chi connectivity index (χ2v) is 7.57. The van der Waals surface area contributed by atoms with Gasteiger partial charge in [0.15, 0.2) is 5.16 Å². The molecule has 0 aliphatic rings. The Labute approximate surface area is 146 Å². The number of imidazole rings is 1. The first-order chi connectivity index (χ1) is 10.8. The second-order valence-electron chi connectivity index (χ2n) is 5.67. The summed E-state index contributed by atoms with van der Waals surface area (Å²) in [5.74, 6) is -0.218. The van der Waals surface area contributed by atoms with E-state index in [-0.39, 0.29) is 11.5 Å². The number of benzene rings is 1. The normalized spacial score (nSPS) is 11.0. The lowest BCUT2D eigenvalue weighted by Gasteiger charge is -2.10. The molecule has 0 saturated heterocycles. The highest BCUT2D eigenvalue weighted by Crippen LogP contribution is 2.32. The van der Waals surface area contributed by atoms with Crippen molar-refractivity contribution in [1.82, 2.24) is 9.55 Å². The van der Waals surface area contributed by atoms with Crippen molar-refractivity contribution < 1.29 is 4.79 Å². The predicted octanol–water partition coefficient (Wildman–Crippen LogP) is 5.35. The minimum absolute atomic E-state index is 0.218. The molecule has 3 nitrogen and oxygen atoms in total. The van der Waals surface area contributed by atoms with Crippen LogP contribution in [0.1, 0.15) is 43.7 Å². The Kier molecular flexibility index (Phi) is 5.71. The number of Topliss-reactive ketones (excluding diaryl/α,β-unsaturated/α-hetero) is 1. The van der Waals surface area contributed by atoms with E-state index in [9.17, 15) is 4.79 Å². The summed E-state index contributed by atoms with van der Waals surface area (Å²) in [5, 5.41) is 1.39. The average Bonchev–Trinajstić information content (AvgIpc) is 2.82. The zero-order valence-corrected chi connectivity index (χ0v) is 15.5. The van der Waals surface area contributed by atoms with Gasteiger partial charge in [0.25, 0.3) is 0 Å². The fourth-order valence-corrected chi connectivity index (χ4v) is 3.35. The van der Waals surface area contributed by atoms with Crippen molar-refractivity contribution in [2.75, 3.05) is 0 Å². The molecule has 0 bridgehead atoms. The number of halogens is 1. The standard InChI is InChI=1S/C18H21ClN2OS/c1-6-13-7-9-14(10-8-13)21-17(19)15(16(22)11(2)3)20-18(21)23-12(4)5/h7-10,12H,2,6H2,1,3-5H3. The summed E-state index contributed by atoms with van der Waals surface area (Å²) < 4.78 is 1.84. The zero-order chi connectivity index (χ0) is 17.1. The molecule has 2 rings (SSSR count). The van der Waals surface area contributed by atoms with Gasteiger partial charge in [0.05, 0.1) is 0 Å². The van der Waals surface area contributed by atoms with Crippen molar-refractivity contribution in [3.8, 4) is 5.69 Å². The maximum absolute atomic E-state index is 12.3. The number of aromatic nitrogens is 2. The number of ketones is 1. The number of hydrogen-bond donors (Lipinski definition) is 0. The molecule has 1 aromatic heterocycles. The van der Waals surface area contributed by atoms with E-state index in [1.807, 2.05) is 16.7 Å². The molecule has 0 N–H and O–H groups in total. The summed E-state index contributed by atoms with van der Waals surface area (Å²) in [7, 11) is 0. The lowest BCUT2D eigenvalue weighted by Crippen LogP contribution is -2.02. The van der Waals surface area contributed by atoms with Crippen LogP contribution in [0.4, 0.5) is 0 Å². The van der Waals surface area contributed by atoms with Crippen molar-refractivity contribution in [1.29, 1.82) is 0 Å². The third-order valence-corrected chi connectivity index (χ3v) is 4.64. The van der Waals surface area contributed by atoms with E-state index < -0.39 is 0 Å². The molecule has 0 aliphatic carbocycles. The Morgan fingerprint density at radius 1 is 1.35 bits per heavy atom. The number of hydrogen-bond acceptors (Lipinski definition) is 3. The van der Waals surface area contributed by atoms with Crippen LogP contribution in [0, 0.1) is 0 Å². The van der Waals surface area contributed by atoms with E-state index in [1.165, 1.54) is 5.56 Å². The molecule has 122 valence electrons. The molecule has 0 unspecified atom stereocenters. The monoisotopic (exact) mass is 348 g/mol. The number of rotatable bonds is 6. The molecule has 1 heterocycles. The average molecular weight is 349 g/mol. The molecule has 23 heavy (non-hydrogen) atoms. The van der Waals surface area contributed by atoms with Crippen molar-refractivity contribution in [2.24, 2.45) is 0 Å². The summed E-state index contributed by atoms with van der Waals surface area (Å²) >= 11 is 8.06. The van der Waals surface area contributed by atoms with Crippen LogP contribution in [-0.4, -0.2) is 20.6 Å². The van der Waals surface area contributed by atoms with Gasteiger partial charge in [-0.2, -0.15) is 0 Å². The Bertz CT molecular complexity index is 732. The highest BCUT2D eigenvalue weighted by Gasteiger charge is 2.23. The number of carbonyl (C=O) groups is 1. The third-order valence-electron chi connectivity index (χ3n) is 3.34. The van der Waals surface area contributed by atoms with Gasteiger partial charge in [0.2, 0.25) is 5.78 Å². The quantitative estimate of drug-likeness (QED) is 0.401. The molecule has 0 aliphatic heterocycles. The maximum Gasteiger partial charge on any atom is 0.209 e. The van der Waals surface area contributed by atoms with E-state index in [2.05, 4.69) is 44.5 Å². The fourth-order valence-electron chi connectivity index (χ4n) is 2.12. The van der Waals surface area contributed by atoms with E-state index >= 15 is 0 Å². The summed E-state index contributed by atoms with van der Waals surface area (Å²) in [5.41, 5.74) is 2.85. The number of aryl methyl sites for hydroxylation is 1. The summed E-state index contributed by atoms with van der Waals surface area (Å²) in [6.07, 6.45) is 0.977. The molecule has 0 saturated carbocycles. The summed E-state index contributed by atoms with van der Waals surface area (Å²) in [6.45, 7) is 11.6. The van der Waals surface area contributed by atoms with Gasteiger partial charge in [-0.15, -0.1) is 0 Å². The Hall–Kier alpha value is -1.52. The van der Waals surface area contributed by atoms with E-state index in [0.717, 1.165) is 17.3 Å². The Morgan fingerprint density at radius 3 is 2.43 bits per heavy atom. The highest BCUT2D eigenvalue weighted by molar-refractivity contribution is 7.99. The van der Waals surface area contributed by atoms with Crippen molar-refractivity contribution >= 4 is 29.1 Å². The van der Waals surface area contributed by atoms with Crippen LogP contribution < -0.4 is 0 Å². The zero-order valence-electron chi connectivity index (χ0n) is 13.9. The summed E-state index contributed by atoms with van der Waals surface area (Å²) in [4.78, 5) is 16.8. The SMILES string of the molecule is C=C(C)C(=O)c1nc(SC(C)C)n(-c2ccc(CC)cc2)c1Cl. The van der Waals surface area contributed by atoms with Crippen LogP contribution in [0.5, 0.6) is 0 Å². The number of allylic oxidation sites excluding steroid dienone is 1. The van der Waals surface area contributed by atoms with Crippen molar-refractivity contribution in [3.63, 3.8) is 0 Å². The molecular formula is C18H21ClN2OS. The largest absolute Gasteiger partial charge is 0.287 e. The van der Waals surface area contributed by atoms with E-state index in [0.29, 0.717) is 16.0 Å². The lowest BCUT2D eigenvalue weighted by molar-refractivity contribution is 0.103. The highest BCUT2D eigenvalue weighted by atomic mass is 35.5. The van der Waals surface area contributed by atoms with Gasteiger partial charge in [-0.3, -0.25) is 9.36 Å². The predicted molar refractivity (Wildman–Crippen MR) is 98.1 cm³/mol. The third kappa shape index (κ3) is 3.88. The van der Waals surface area contributed by atoms with Crippen LogP contribution in [-0.2, 0) is 6.42 Å². The maximum atomic E-state index is 12.3. The van der Waals surface area contributed by atoms with E-state index in [4.69, 9.17) is 11.6 Å². The first kappa shape index (κ1) is 17.8. The first-order valence-electron chi connectivity index (χ1n) is 7.59.